The maximum atomic E-state index is 12.8. The number of fused-ring (bicyclic) bond motifs is 1. The van der Waals surface area contributed by atoms with Crippen LogP contribution in [0.2, 0.25) is 0 Å². The Morgan fingerprint density at radius 3 is 2.59 bits per heavy atom. The Kier molecular flexibility index (Phi) is 5.88. The van der Waals surface area contributed by atoms with Gasteiger partial charge in [-0.2, -0.15) is 4.99 Å². The van der Waals surface area contributed by atoms with Gasteiger partial charge in [0.15, 0.2) is 14.6 Å². The van der Waals surface area contributed by atoms with Gasteiger partial charge in [-0.05, 0) is 31.2 Å². The molecule has 1 amide bonds. The van der Waals surface area contributed by atoms with Gasteiger partial charge in [0.2, 0.25) is 0 Å². The Morgan fingerprint density at radius 1 is 1.15 bits per heavy atom. The van der Waals surface area contributed by atoms with Crippen molar-refractivity contribution in [1.29, 1.82) is 0 Å². The van der Waals surface area contributed by atoms with Crippen molar-refractivity contribution in [2.75, 3.05) is 19.5 Å². The minimum atomic E-state index is -3.53. The van der Waals surface area contributed by atoms with Gasteiger partial charge < -0.3 is 9.30 Å². The van der Waals surface area contributed by atoms with Crippen LogP contribution >= 0.6 is 11.3 Å². The van der Waals surface area contributed by atoms with Crippen LogP contribution in [0.1, 0.15) is 17.3 Å². The van der Waals surface area contributed by atoms with Crippen LogP contribution in [-0.4, -0.2) is 38.4 Å². The second-order valence-corrected chi connectivity index (χ2v) is 8.88. The predicted molar refractivity (Wildman–Crippen MR) is 106 cm³/mol. The summed E-state index contributed by atoms with van der Waals surface area (Å²) in [5.74, 6) is -0.576. The van der Waals surface area contributed by atoms with Gasteiger partial charge >= 0.3 is 0 Å². The molecule has 1 aromatic heterocycles. The van der Waals surface area contributed by atoms with Crippen molar-refractivity contribution in [1.82, 2.24) is 4.57 Å². The second-order valence-electron chi connectivity index (χ2n) is 5.89. The molecule has 3 aromatic rings. The molecule has 0 aliphatic rings. The van der Waals surface area contributed by atoms with E-state index in [-0.39, 0.29) is 10.5 Å². The zero-order valence-electron chi connectivity index (χ0n) is 15.1. The zero-order valence-corrected chi connectivity index (χ0v) is 16.7. The number of carbonyl (C=O) groups is 1. The Labute approximate surface area is 161 Å². The standard InChI is InChI=1S/C19H20N2O4S2/c1-3-25-13-12-21-15-9-5-6-10-16(15)26-19(21)20-18(22)14-8-4-7-11-17(14)27(2,23)24/h4-11H,3,12-13H2,1-2H3. The molecule has 3 rings (SSSR count). The normalized spacial score (nSPS) is 12.6. The molecular formula is C19H20N2O4S2. The summed E-state index contributed by atoms with van der Waals surface area (Å²) in [5, 5.41) is 0. The number of amides is 1. The highest BCUT2D eigenvalue weighted by atomic mass is 32.2. The van der Waals surface area contributed by atoms with E-state index < -0.39 is 15.7 Å². The molecule has 27 heavy (non-hydrogen) atoms. The predicted octanol–water partition coefficient (Wildman–Crippen LogP) is 2.88. The monoisotopic (exact) mass is 404 g/mol. The number of para-hydroxylation sites is 1. The van der Waals surface area contributed by atoms with Crippen LogP contribution < -0.4 is 4.80 Å². The molecule has 0 fully saturated rings. The number of benzene rings is 2. The van der Waals surface area contributed by atoms with Crippen LogP contribution in [0.4, 0.5) is 0 Å². The molecule has 0 spiro atoms. The van der Waals surface area contributed by atoms with E-state index in [1.807, 2.05) is 35.8 Å². The van der Waals surface area contributed by atoms with Crippen LogP contribution in [0.15, 0.2) is 58.4 Å². The van der Waals surface area contributed by atoms with E-state index >= 15 is 0 Å². The SMILES string of the molecule is CCOCCn1c(=NC(=O)c2ccccc2S(C)(=O)=O)sc2ccccc21. The number of hydrogen-bond acceptors (Lipinski definition) is 5. The number of ether oxygens (including phenoxy) is 1. The van der Waals surface area contributed by atoms with E-state index in [2.05, 4.69) is 4.99 Å². The van der Waals surface area contributed by atoms with E-state index in [0.29, 0.717) is 24.6 Å². The lowest BCUT2D eigenvalue weighted by Gasteiger charge is -2.06. The van der Waals surface area contributed by atoms with Crippen molar-refractivity contribution >= 4 is 37.3 Å². The van der Waals surface area contributed by atoms with Gasteiger partial charge in [0.1, 0.15) is 0 Å². The maximum Gasteiger partial charge on any atom is 0.280 e. The number of rotatable bonds is 6. The van der Waals surface area contributed by atoms with Crippen LogP contribution in [-0.2, 0) is 21.1 Å². The summed E-state index contributed by atoms with van der Waals surface area (Å²) < 4.78 is 32.3. The molecule has 0 aliphatic heterocycles. The van der Waals surface area contributed by atoms with Gasteiger partial charge in [-0.1, -0.05) is 35.6 Å². The highest BCUT2D eigenvalue weighted by molar-refractivity contribution is 7.90. The second kappa shape index (κ2) is 8.16. The third kappa shape index (κ3) is 4.35. The summed E-state index contributed by atoms with van der Waals surface area (Å²) in [4.78, 5) is 17.5. The van der Waals surface area contributed by atoms with Gasteiger partial charge in [-0.3, -0.25) is 4.79 Å². The summed E-state index contributed by atoms with van der Waals surface area (Å²) in [6.45, 7) is 3.58. The lowest BCUT2D eigenvalue weighted by molar-refractivity contribution is 0.0993. The van der Waals surface area contributed by atoms with E-state index in [0.717, 1.165) is 16.5 Å². The molecule has 0 N–H and O–H groups in total. The fourth-order valence-electron chi connectivity index (χ4n) is 2.74. The molecule has 0 saturated heterocycles. The fraction of sp³-hybridized carbons (Fsp3) is 0.263. The van der Waals surface area contributed by atoms with Gasteiger partial charge in [0, 0.05) is 19.4 Å². The first-order valence-electron chi connectivity index (χ1n) is 8.46. The smallest absolute Gasteiger partial charge is 0.280 e. The molecule has 8 heteroatoms. The summed E-state index contributed by atoms with van der Waals surface area (Å²) in [5.41, 5.74) is 1.04. The summed E-state index contributed by atoms with van der Waals surface area (Å²) in [6.07, 6.45) is 1.08. The van der Waals surface area contributed by atoms with Crippen LogP contribution in [0.3, 0.4) is 0 Å². The molecule has 0 radical (unpaired) electrons. The summed E-state index contributed by atoms with van der Waals surface area (Å²) in [6, 6.07) is 13.9. The van der Waals surface area contributed by atoms with Gasteiger partial charge in [0.25, 0.3) is 5.91 Å². The minimum absolute atomic E-state index is 0.0132. The van der Waals surface area contributed by atoms with Crippen LogP contribution in [0.25, 0.3) is 10.2 Å². The van der Waals surface area contributed by atoms with E-state index in [1.165, 1.54) is 23.5 Å². The molecule has 0 bridgehead atoms. The molecular weight excluding hydrogens is 384 g/mol. The molecule has 2 aromatic carbocycles. The Hall–Kier alpha value is -2.29. The average molecular weight is 405 g/mol. The van der Waals surface area contributed by atoms with Crippen molar-refractivity contribution < 1.29 is 17.9 Å². The first-order chi connectivity index (χ1) is 12.9. The molecule has 142 valence electrons. The lowest BCUT2D eigenvalue weighted by atomic mass is 10.2. The molecule has 0 aliphatic carbocycles. The number of aromatic nitrogens is 1. The number of hydrogen-bond donors (Lipinski definition) is 0. The highest BCUT2D eigenvalue weighted by Gasteiger charge is 2.18. The van der Waals surface area contributed by atoms with Crippen molar-refractivity contribution in [3.8, 4) is 0 Å². The first kappa shape index (κ1) is 19.5. The minimum Gasteiger partial charge on any atom is -0.380 e. The summed E-state index contributed by atoms with van der Waals surface area (Å²) in [7, 11) is -3.53. The van der Waals surface area contributed by atoms with Gasteiger partial charge in [-0.15, -0.1) is 0 Å². The Morgan fingerprint density at radius 2 is 1.85 bits per heavy atom. The topological polar surface area (TPSA) is 77.7 Å². The van der Waals surface area contributed by atoms with Crippen molar-refractivity contribution in [2.45, 2.75) is 18.4 Å². The third-order valence-electron chi connectivity index (χ3n) is 3.97. The average Bonchev–Trinajstić information content (AvgIpc) is 2.98. The largest absolute Gasteiger partial charge is 0.380 e. The Balaban J connectivity index is 2.11. The number of nitrogens with zero attached hydrogens (tertiary/aromatic N) is 2. The fourth-order valence-corrected chi connectivity index (χ4v) is 4.67. The van der Waals surface area contributed by atoms with Crippen molar-refractivity contribution in [3.05, 3.63) is 58.9 Å². The van der Waals surface area contributed by atoms with Crippen LogP contribution in [0, 0.1) is 0 Å². The first-order valence-corrected chi connectivity index (χ1v) is 11.2. The zero-order chi connectivity index (χ0) is 19.4. The lowest BCUT2D eigenvalue weighted by Crippen LogP contribution is -2.20. The molecule has 0 atom stereocenters. The van der Waals surface area contributed by atoms with E-state index in [1.54, 1.807) is 12.1 Å². The van der Waals surface area contributed by atoms with Gasteiger partial charge in [0.05, 0.1) is 27.3 Å². The third-order valence-corrected chi connectivity index (χ3v) is 6.18. The molecule has 0 saturated carbocycles. The number of sulfone groups is 1. The summed E-state index contributed by atoms with van der Waals surface area (Å²) >= 11 is 1.39. The van der Waals surface area contributed by atoms with Crippen molar-refractivity contribution in [3.63, 3.8) is 0 Å². The number of carbonyl (C=O) groups excluding carboxylic acids is 1. The highest BCUT2D eigenvalue weighted by Crippen LogP contribution is 2.18. The molecule has 6 nitrogen and oxygen atoms in total. The van der Waals surface area contributed by atoms with Gasteiger partial charge in [-0.25, -0.2) is 8.42 Å². The quantitative estimate of drug-likeness (QED) is 0.592. The van der Waals surface area contributed by atoms with Crippen molar-refractivity contribution in [2.24, 2.45) is 4.99 Å². The molecule has 1 heterocycles. The number of thiazole rings is 1. The maximum absolute atomic E-state index is 12.8. The Bertz CT molecular complexity index is 1140. The van der Waals surface area contributed by atoms with E-state index in [4.69, 9.17) is 4.74 Å². The molecule has 0 unspecified atom stereocenters. The van der Waals surface area contributed by atoms with E-state index in [9.17, 15) is 13.2 Å². The van der Waals surface area contributed by atoms with Crippen LogP contribution in [0.5, 0.6) is 0 Å².